The molecule has 1 aliphatic carbocycles. The van der Waals surface area contributed by atoms with Gasteiger partial charge >= 0.3 is 0 Å². The SMILES string of the molecule is Cl.Cl.Fc1ccccc1/C=C/C1CC1NCC1CCNCC1. The van der Waals surface area contributed by atoms with Crippen molar-refractivity contribution >= 4 is 30.9 Å². The Balaban J connectivity index is 0.00000121. The first-order valence-electron chi connectivity index (χ1n) is 7.70. The third-order valence-corrected chi connectivity index (χ3v) is 4.40. The highest BCUT2D eigenvalue weighted by Crippen LogP contribution is 2.32. The lowest BCUT2D eigenvalue weighted by Crippen LogP contribution is -2.34. The smallest absolute Gasteiger partial charge is 0.130 e. The number of hydrogen-bond donors (Lipinski definition) is 2. The molecule has 0 radical (unpaired) electrons. The largest absolute Gasteiger partial charge is 0.317 e. The molecule has 0 aromatic heterocycles. The number of rotatable bonds is 5. The summed E-state index contributed by atoms with van der Waals surface area (Å²) in [5.74, 6) is 1.27. The van der Waals surface area contributed by atoms with Gasteiger partial charge in [-0.05, 0) is 56.8 Å². The highest BCUT2D eigenvalue weighted by molar-refractivity contribution is 5.85. The normalized spacial score (nSPS) is 24.6. The highest BCUT2D eigenvalue weighted by atomic mass is 35.5. The van der Waals surface area contributed by atoms with E-state index in [1.807, 2.05) is 18.2 Å². The Morgan fingerprint density at radius 2 is 1.91 bits per heavy atom. The predicted molar refractivity (Wildman–Crippen MR) is 95.4 cm³/mol. The van der Waals surface area contributed by atoms with Crippen molar-refractivity contribution in [1.82, 2.24) is 10.6 Å². The molecule has 2 fully saturated rings. The average molecular weight is 347 g/mol. The van der Waals surface area contributed by atoms with Crippen molar-refractivity contribution in [2.75, 3.05) is 19.6 Å². The van der Waals surface area contributed by atoms with E-state index in [0.29, 0.717) is 17.5 Å². The molecule has 2 aliphatic rings. The van der Waals surface area contributed by atoms with Crippen LogP contribution in [0.15, 0.2) is 30.3 Å². The molecule has 0 amide bonds. The Hall–Kier alpha value is -0.610. The summed E-state index contributed by atoms with van der Waals surface area (Å²) in [6.45, 7) is 3.46. The second kappa shape index (κ2) is 9.51. The van der Waals surface area contributed by atoms with Crippen LogP contribution in [0.25, 0.3) is 6.08 Å². The lowest BCUT2D eigenvalue weighted by atomic mass is 9.98. The number of piperidine rings is 1. The molecular weight excluding hydrogens is 322 g/mol. The number of nitrogens with one attached hydrogen (secondary N) is 2. The van der Waals surface area contributed by atoms with E-state index in [-0.39, 0.29) is 30.6 Å². The molecule has 2 atom stereocenters. The van der Waals surface area contributed by atoms with Crippen LogP contribution < -0.4 is 10.6 Å². The second-order valence-corrected chi connectivity index (χ2v) is 5.99. The van der Waals surface area contributed by atoms with Crippen molar-refractivity contribution in [2.45, 2.75) is 25.3 Å². The van der Waals surface area contributed by atoms with E-state index in [0.717, 1.165) is 25.6 Å². The lowest BCUT2D eigenvalue weighted by Gasteiger charge is -2.22. The summed E-state index contributed by atoms with van der Waals surface area (Å²) < 4.78 is 13.5. The second-order valence-electron chi connectivity index (χ2n) is 5.99. The van der Waals surface area contributed by atoms with Gasteiger partial charge in [0.1, 0.15) is 5.82 Å². The molecular formula is C17H25Cl2FN2. The van der Waals surface area contributed by atoms with Crippen molar-refractivity contribution in [1.29, 1.82) is 0 Å². The van der Waals surface area contributed by atoms with E-state index in [4.69, 9.17) is 0 Å². The topological polar surface area (TPSA) is 24.1 Å². The van der Waals surface area contributed by atoms with Gasteiger partial charge in [-0.1, -0.05) is 30.4 Å². The molecule has 2 unspecified atom stereocenters. The zero-order valence-electron chi connectivity index (χ0n) is 12.6. The molecule has 3 rings (SSSR count). The summed E-state index contributed by atoms with van der Waals surface area (Å²) in [6.07, 6.45) is 7.84. The first-order valence-corrected chi connectivity index (χ1v) is 7.70. The van der Waals surface area contributed by atoms with E-state index in [1.165, 1.54) is 25.3 Å². The lowest BCUT2D eigenvalue weighted by molar-refractivity contribution is 0.355. The van der Waals surface area contributed by atoms with Crippen molar-refractivity contribution < 1.29 is 4.39 Å². The molecule has 1 aromatic rings. The molecule has 22 heavy (non-hydrogen) atoms. The molecule has 1 saturated heterocycles. The van der Waals surface area contributed by atoms with Crippen LogP contribution >= 0.6 is 24.8 Å². The molecule has 1 aromatic carbocycles. The Bertz CT molecular complexity index is 475. The van der Waals surface area contributed by atoms with E-state index < -0.39 is 0 Å². The molecule has 1 aliphatic heterocycles. The Labute approximate surface area is 144 Å². The maximum absolute atomic E-state index is 13.5. The van der Waals surface area contributed by atoms with Gasteiger partial charge in [-0.3, -0.25) is 0 Å². The minimum atomic E-state index is -0.136. The van der Waals surface area contributed by atoms with Crippen LogP contribution in [0.2, 0.25) is 0 Å². The summed E-state index contributed by atoms with van der Waals surface area (Å²) in [5.41, 5.74) is 0.691. The fourth-order valence-corrected chi connectivity index (χ4v) is 2.90. The van der Waals surface area contributed by atoms with Crippen LogP contribution in [0.5, 0.6) is 0 Å². The highest BCUT2D eigenvalue weighted by Gasteiger charge is 2.34. The van der Waals surface area contributed by atoms with Gasteiger partial charge in [0.15, 0.2) is 0 Å². The van der Waals surface area contributed by atoms with E-state index >= 15 is 0 Å². The van der Waals surface area contributed by atoms with Crippen LogP contribution in [-0.2, 0) is 0 Å². The van der Waals surface area contributed by atoms with Gasteiger partial charge < -0.3 is 10.6 Å². The maximum Gasteiger partial charge on any atom is 0.130 e. The molecule has 124 valence electrons. The van der Waals surface area contributed by atoms with Crippen LogP contribution in [0.3, 0.4) is 0 Å². The van der Waals surface area contributed by atoms with Crippen molar-refractivity contribution in [2.24, 2.45) is 11.8 Å². The van der Waals surface area contributed by atoms with Crippen molar-refractivity contribution in [3.05, 3.63) is 41.7 Å². The predicted octanol–water partition coefficient (Wildman–Crippen LogP) is 3.66. The summed E-state index contributed by atoms with van der Waals surface area (Å²) in [5, 5.41) is 7.05. The number of benzene rings is 1. The fourth-order valence-electron chi connectivity index (χ4n) is 2.90. The maximum atomic E-state index is 13.5. The van der Waals surface area contributed by atoms with Crippen LogP contribution in [-0.4, -0.2) is 25.7 Å². The third-order valence-electron chi connectivity index (χ3n) is 4.40. The van der Waals surface area contributed by atoms with Crippen molar-refractivity contribution in [3.63, 3.8) is 0 Å². The fraction of sp³-hybridized carbons (Fsp3) is 0.529. The van der Waals surface area contributed by atoms with Gasteiger partial charge in [0, 0.05) is 11.6 Å². The molecule has 1 saturated carbocycles. The van der Waals surface area contributed by atoms with E-state index in [1.54, 1.807) is 6.07 Å². The van der Waals surface area contributed by atoms with Gasteiger partial charge in [0.2, 0.25) is 0 Å². The molecule has 2 N–H and O–H groups in total. The molecule has 1 heterocycles. The molecule has 2 nitrogen and oxygen atoms in total. The number of halogens is 3. The minimum absolute atomic E-state index is 0. The van der Waals surface area contributed by atoms with Gasteiger partial charge in [-0.25, -0.2) is 4.39 Å². The van der Waals surface area contributed by atoms with E-state index in [2.05, 4.69) is 16.7 Å². The summed E-state index contributed by atoms with van der Waals surface area (Å²) in [6, 6.07) is 7.55. The van der Waals surface area contributed by atoms with Crippen LogP contribution in [0.1, 0.15) is 24.8 Å². The van der Waals surface area contributed by atoms with E-state index in [9.17, 15) is 4.39 Å². The summed E-state index contributed by atoms with van der Waals surface area (Å²) in [4.78, 5) is 0. The van der Waals surface area contributed by atoms with Crippen LogP contribution in [0.4, 0.5) is 4.39 Å². The molecule has 0 bridgehead atoms. The quantitative estimate of drug-likeness (QED) is 0.849. The van der Waals surface area contributed by atoms with Gasteiger partial charge in [-0.2, -0.15) is 0 Å². The Morgan fingerprint density at radius 1 is 1.18 bits per heavy atom. The third kappa shape index (κ3) is 5.54. The van der Waals surface area contributed by atoms with Gasteiger partial charge in [0.05, 0.1) is 0 Å². The van der Waals surface area contributed by atoms with Crippen molar-refractivity contribution in [3.8, 4) is 0 Å². The minimum Gasteiger partial charge on any atom is -0.317 e. The Morgan fingerprint density at radius 3 is 2.64 bits per heavy atom. The van der Waals surface area contributed by atoms with Gasteiger partial charge in [0.25, 0.3) is 0 Å². The molecule has 0 spiro atoms. The zero-order valence-corrected chi connectivity index (χ0v) is 14.3. The standard InChI is InChI=1S/C17H23FN2.2ClH/c18-16-4-2-1-3-14(16)5-6-15-11-17(15)20-12-13-7-9-19-10-8-13;;/h1-6,13,15,17,19-20H,7-12H2;2*1H/b6-5+;;. The average Bonchev–Trinajstić information content (AvgIpc) is 3.24. The monoisotopic (exact) mass is 346 g/mol. The first-order chi connectivity index (χ1) is 9.83. The first kappa shape index (κ1) is 19.4. The summed E-state index contributed by atoms with van der Waals surface area (Å²) in [7, 11) is 0. The summed E-state index contributed by atoms with van der Waals surface area (Å²) >= 11 is 0. The molecule has 5 heteroatoms. The number of hydrogen-bond acceptors (Lipinski definition) is 2. The van der Waals surface area contributed by atoms with Gasteiger partial charge in [-0.15, -0.1) is 24.8 Å². The van der Waals surface area contributed by atoms with Crippen LogP contribution in [0, 0.1) is 17.7 Å². The zero-order chi connectivity index (χ0) is 13.8. The Kier molecular flexibility index (Phi) is 8.40.